The summed E-state index contributed by atoms with van der Waals surface area (Å²) < 4.78 is 0. The maximum absolute atomic E-state index is 8.29. The van der Waals surface area contributed by atoms with E-state index in [1.54, 1.807) is 6.42 Å². The average molecular weight is 212 g/mol. The molecule has 0 saturated carbocycles. The molecule has 0 aromatic carbocycles. The third-order valence-corrected chi connectivity index (χ3v) is 1.69. The first kappa shape index (κ1) is 10.4. The molecule has 1 fully saturated rings. The van der Waals surface area contributed by atoms with E-state index in [9.17, 15) is 0 Å². The summed E-state index contributed by atoms with van der Waals surface area (Å²) in [7, 11) is 0. The van der Waals surface area contributed by atoms with Crippen LogP contribution in [0.2, 0.25) is 0 Å². The van der Waals surface area contributed by atoms with Gasteiger partial charge in [0.2, 0.25) is 0 Å². The standard InChI is InChI=1S/C7H11N2.Y/c8-4-1-7-2-5-9-6-3-7;/h1,7,9H,2-3,5-6H2;/q-1;. The summed E-state index contributed by atoms with van der Waals surface area (Å²) in [6.07, 6.45) is 4.02. The second-order valence-corrected chi connectivity index (χ2v) is 2.38. The number of nitrogens with one attached hydrogen (secondary N) is 1. The molecule has 1 aliphatic rings. The number of hydrogen-bond acceptors (Lipinski definition) is 2. The Labute approximate surface area is 87.2 Å². The smallest absolute Gasteiger partial charge is 0 e. The molecule has 10 heavy (non-hydrogen) atoms. The zero-order valence-electron chi connectivity index (χ0n) is 6.01. The molecule has 2 nitrogen and oxygen atoms in total. The number of hydrogen-bond donors (Lipinski definition) is 1. The van der Waals surface area contributed by atoms with E-state index in [2.05, 4.69) is 11.4 Å². The van der Waals surface area contributed by atoms with Gasteiger partial charge in [0.1, 0.15) is 0 Å². The van der Waals surface area contributed by atoms with Crippen molar-refractivity contribution in [2.45, 2.75) is 12.8 Å². The van der Waals surface area contributed by atoms with Gasteiger partial charge in [-0.1, -0.05) is 12.8 Å². The fraction of sp³-hybridized carbons (Fsp3) is 0.714. The van der Waals surface area contributed by atoms with E-state index >= 15 is 0 Å². The summed E-state index contributed by atoms with van der Waals surface area (Å²) in [4.78, 5) is 0. The second-order valence-electron chi connectivity index (χ2n) is 2.38. The fourth-order valence-corrected chi connectivity index (χ4v) is 1.12. The van der Waals surface area contributed by atoms with E-state index in [4.69, 9.17) is 5.26 Å². The Balaban J connectivity index is 0.000000810. The SMILES string of the molecule is N#C[CH-]C1CCNCC1.[Y]. The minimum Gasteiger partial charge on any atom is -0.317 e. The minimum atomic E-state index is 0. The third kappa shape index (κ3) is 3.56. The van der Waals surface area contributed by atoms with Gasteiger partial charge in [-0.25, -0.2) is 5.26 Å². The van der Waals surface area contributed by atoms with Crippen molar-refractivity contribution in [2.75, 3.05) is 13.1 Å². The van der Waals surface area contributed by atoms with Gasteiger partial charge in [-0.3, -0.25) is 6.42 Å². The van der Waals surface area contributed by atoms with E-state index in [0.717, 1.165) is 25.9 Å². The summed E-state index contributed by atoms with van der Waals surface area (Å²) in [5, 5.41) is 11.5. The van der Waals surface area contributed by atoms with Crippen LogP contribution in [0.25, 0.3) is 0 Å². The van der Waals surface area contributed by atoms with Gasteiger partial charge in [0.25, 0.3) is 0 Å². The van der Waals surface area contributed by atoms with E-state index in [0.29, 0.717) is 5.92 Å². The van der Waals surface area contributed by atoms with Crippen LogP contribution < -0.4 is 5.32 Å². The molecule has 1 rings (SSSR count). The van der Waals surface area contributed by atoms with Crippen LogP contribution >= 0.6 is 0 Å². The Morgan fingerprint density at radius 1 is 1.40 bits per heavy atom. The van der Waals surface area contributed by atoms with Gasteiger partial charge < -0.3 is 5.32 Å². The van der Waals surface area contributed by atoms with Gasteiger partial charge >= 0.3 is 0 Å². The second kappa shape index (κ2) is 6.15. The molecule has 0 aromatic rings. The molecular weight excluding hydrogens is 201 g/mol. The molecule has 0 aromatic heterocycles. The van der Waals surface area contributed by atoms with Crippen LogP contribution in [0.15, 0.2) is 0 Å². The van der Waals surface area contributed by atoms with Crippen LogP contribution in [0.3, 0.4) is 0 Å². The Morgan fingerprint density at radius 3 is 2.50 bits per heavy atom. The van der Waals surface area contributed by atoms with Crippen molar-refractivity contribution >= 4 is 0 Å². The monoisotopic (exact) mass is 212 g/mol. The van der Waals surface area contributed by atoms with Crippen LogP contribution in [0.4, 0.5) is 0 Å². The normalized spacial score (nSPS) is 18.7. The van der Waals surface area contributed by atoms with E-state index < -0.39 is 0 Å². The summed E-state index contributed by atoms with van der Waals surface area (Å²) >= 11 is 0. The zero-order chi connectivity index (χ0) is 6.53. The number of rotatable bonds is 1. The summed E-state index contributed by atoms with van der Waals surface area (Å²) in [5.74, 6) is 0.552. The summed E-state index contributed by atoms with van der Waals surface area (Å²) in [6, 6.07) is 2.08. The van der Waals surface area contributed by atoms with Crippen molar-refractivity contribution in [1.29, 1.82) is 5.26 Å². The first-order valence-corrected chi connectivity index (χ1v) is 3.37. The summed E-state index contributed by atoms with van der Waals surface area (Å²) in [6.45, 7) is 2.14. The van der Waals surface area contributed by atoms with Crippen molar-refractivity contribution in [3.8, 4) is 6.07 Å². The molecule has 0 atom stereocenters. The predicted octanol–water partition coefficient (Wildman–Crippen LogP) is 0.711. The van der Waals surface area contributed by atoms with Crippen molar-refractivity contribution < 1.29 is 32.7 Å². The molecule has 1 radical (unpaired) electrons. The van der Waals surface area contributed by atoms with Crippen LogP contribution in [0.5, 0.6) is 0 Å². The zero-order valence-corrected chi connectivity index (χ0v) is 8.85. The van der Waals surface area contributed by atoms with Gasteiger partial charge in [0.15, 0.2) is 0 Å². The maximum atomic E-state index is 8.29. The fourth-order valence-electron chi connectivity index (χ4n) is 1.12. The van der Waals surface area contributed by atoms with Crippen LogP contribution in [-0.2, 0) is 32.7 Å². The van der Waals surface area contributed by atoms with Crippen LogP contribution in [0, 0.1) is 23.7 Å². The predicted molar refractivity (Wildman–Crippen MR) is 35.5 cm³/mol. The first-order valence-electron chi connectivity index (χ1n) is 3.37. The molecule has 0 unspecified atom stereocenters. The first-order chi connectivity index (χ1) is 4.43. The summed E-state index contributed by atoms with van der Waals surface area (Å²) in [5.41, 5.74) is 0. The molecule has 1 saturated heterocycles. The van der Waals surface area contributed by atoms with Gasteiger partial charge in [-0.2, -0.15) is 0 Å². The van der Waals surface area contributed by atoms with E-state index in [-0.39, 0.29) is 32.7 Å². The van der Waals surface area contributed by atoms with Crippen LogP contribution in [0.1, 0.15) is 12.8 Å². The molecule has 0 spiro atoms. The molecular formula is C7H11N2Y-. The van der Waals surface area contributed by atoms with E-state index in [1.807, 2.05) is 0 Å². The van der Waals surface area contributed by atoms with Crippen molar-refractivity contribution in [3.63, 3.8) is 0 Å². The molecule has 1 N–H and O–H groups in total. The Hall–Kier alpha value is 0.424. The molecule has 0 amide bonds. The average Bonchev–Trinajstić information content (AvgIpc) is 1.91. The van der Waals surface area contributed by atoms with Crippen molar-refractivity contribution in [1.82, 2.24) is 5.32 Å². The quantitative estimate of drug-likeness (QED) is 0.650. The van der Waals surface area contributed by atoms with Gasteiger partial charge in [-0.05, 0) is 13.1 Å². The molecule has 53 valence electrons. The third-order valence-electron chi connectivity index (χ3n) is 1.69. The van der Waals surface area contributed by atoms with Gasteiger partial charge in [0, 0.05) is 32.7 Å². The van der Waals surface area contributed by atoms with Crippen molar-refractivity contribution in [2.24, 2.45) is 5.92 Å². The Bertz CT molecular complexity index is 113. The number of nitrogens with zero attached hydrogens (tertiary/aromatic N) is 1. The van der Waals surface area contributed by atoms with Gasteiger partial charge in [0.05, 0.1) is 0 Å². The number of nitriles is 1. The molecule has 1 aliphatic heterocycles. The molecule has 3 heteroatoms. The largest absolute Gasteiger partial charge is 0.317 e. The molecule has 1 heterocycles. The minimum absolute atomic E-state index is 0. The van der Waals surface area contributed by atoms with E-state index in [1.165, 1.54) is 0 Å². The van der Waals surface area contributed by atoms with Crippen molar-refractivity contribution in [3.05, 3.63) is 6.42 Å². The maximum Gasteiger partial charge on any atom is 0 e. The molecule has 0 aliphatic carbocycles. The van der Waals surface area contributed by atoms with Crippen LogP contribution in [-0.4, -0.2) is 13.1 Å². The Kier molecular flexibility index (Phi) is 6.42. The Morgan fingerprint density at radius 2 is 2.00 bits per heavy atom. The molecule has 0 bridgehead atoms. The number of piperidine rings is 1. The van der Waals surface area contributed by atoms with Gasteiger partial charge in [-0.15, -0.1) is 12.0 Å². The topological polar surface area (TPSA) is 35.8 Å².